The van der Waals surface area contributed by atoms with Crippen molar-refractivity contribution in [2.45, 2.75) is 33.4 Å². The van der Waals surface area contributed by atoms with Gasteiger partial charge in [0.25, 0.3) is 0 Å². The van der Waals surface area contributed by atoms with Crippen LogP contribution in [-0.4, -0.2) is 4.98 Å². The second-order valence-electron chi connectivity index (χ2n) is 4.17. The van der Waals surface area contributed by atoms with Gasteiger partial charge in [-0.05, 0) is 31.5 Å². The predicted molar refractivity (Wildman–Crippen MR) is 69.3 cm³/mol. The second kappa shape index (κ2) is 5.69. The number of nitrogens with zero attached hydrogens (tertiary/aromatic N) is 1. The van der Waals surface area contributed by atoms with E-state index < -0.39 is 0 Å². The first-order valence-corrected chi connectivity index (χ1v) is 6.08. The van der Waals surface area contributed by atoms with Crippen molar-refractivity contribution in [2.24, 2.45) is 5.73 Å². The Morgan fingerprint density at radius 2 is 2.22 bits per heavy atom. The van der Waals surface area contributed by atoms with Gasteiger partial charge in [0.1, 0.15) is 18.1 Å². The van der Waals surface area contributed by atoms with Crippen molar-refractivity contribution in [1.29, 1.82) is 0 Å². The van der Waals surface area contributed by atoms with Crippen molar-refractivity contribution in [3.63, 3.8) is 0 Å². The summed E-state index contributed by atoms with van der Waals surface area (Å²) in [5.74, 6) is 1.59. The third-order valence-corrected chi connectivity index (χ3v) is 2.72. The summed E-state index contributed by atoms with van der Waals surface area (Å²) < 4.78 is 11.1. The molecule has 2 aromatic rings. The molecule has 0 saturated carbocycles. The van der Waals surface area contributed by atoms with Crippen LogP contribution in [0.25, 0.3) is 0 Å². The summed E-state index contributed by atoms with van der Waals surface area (Å²) in [5.41, 5.74) is 8.48. The molecule has 2 heterocycles. The lowest BCUT2D eigenvalue weighted by Gasteiger charge is -2.09. The third kappa shape index (κ3) is 2.90. The van der Waals surface area contributed by atoms with Gasteiger partial charge in [0.15, 0.2) is 0 Å². The molecule has 0 saturated heterocycles. The van der Waals surface area contributed by atoms with Gasteiger partial charge in [0, 0.05) is 17.8 Å². The van der Waals surface area contributed by atoms with Crippen LogP contribution in [0.15, 0.2) is 28.9 Å². The monoisotopic (exact) mass is 246 g/mol. The fourth-order valence-electron chi connectivity index (χ4n) is 1.74. The summed E-state index contributed by atoms with van der Waals surface area (Å²) in [6.45, 7) is 4.92. The number of pyridine rings is 1. The molecule has 0 aliphatic carbocycles. The van der Waals surface area contributed by atoms with Crippen molar-refractivity contribution < 1.29 is 9.15 Å². The average Bonchev–Trinajstić information content (AvgIpc) is 2.85. The highest BCUT2D eigenvalue weighted by Gasteiger charge is 2.06. The van der Waals surface area contributed by atoms with E-state index in [1.165, 1.54) is 0 Å². The molecule has 2 N–H and O–H groups in total. The Kier molecular flexibility index (Phi) is 3.99. The summed E-state index contributed by atoms with van der Waals surface area (Å²) in [7, 11) is 0. The van der Waals surface area contributed by atoms with E-state index >= 15 is 0 Å². The van der Waals surface area contributed by atoms with Gasteiger partial charge in [-0.3, -0.25) is 4.98 Å². The Bertz CT molecular complexity index is 520. The molecule has 2 aromatic heterocycles. The summed E-state index contributed by atoms with van der Waals surface area (Å²) in [6.07, 6.45) is 2.51. The number of nitrogens with two attached hydrogens (primary N) is 1. The van der Waals surface area contributed by atoms with Crippen LogP contribution in [0.4, 0.5) is 0 Å². The lowest BCUT2D eigenvalue weighted by atomic mass is 10.2. The Balaban J connectivity index is 2.05. The molecule has 0 unspecified atom stereocenters. The highest BCUT2D eigenvalue weighted by molar-refractivity contribution is 5.29. The number of hydrogen-bond acceptors (Lipinski definition) is 4. The van der Waals surface area contributed by atoms with E-state index in [0.29, 0.717) is 13.2 Å². The first kappa shape index (κ1) is 12.6. The van der Waals surface area contributed by atoms with E-state index in [0.717, 1.165) is 34.9 Å². The van der Waals surface area contributed by atoms with Crippen molar-refractivity contribution in [3.05, 3.63) is 47.2 Å². The van der Waals surface area contributed by atoms with Crippen LogP contribution in [-0.2, 0) is 19.6 Å². The number of furan rings is 1. The SMILES string of the molecule is CCc1nc(C)ccc1OCc1cc(CN)co1. The van der Waals surface area contributed by atoms with Gasteiger partial charge in [-0.25, -0.2) is 0 Å². The molecule has 18 heavy (non-hydrogen) atoms. The van der Waals surface area contributed by atoms with E-state index in [4.69, 9.17) is 14.9 Å². The second-order valence-corrected chi connectivity index (χ2v) is 4.17. The van der Waals surface area contributed by atoms with E-state index in [1.807, 2.05) is 25.1 Å². The maximum absolute atomic E-state index is 5.73. The van der Waals surface area contributed by atoms with Crippen LogP contribution < -0.4 is 10.5 Å². The van der Waals surface area contributed by atoms with Gasteiger partial charge >= 0.3 is 0 Å². The molecule has 0 spiro atoms. The highest BCUT2D eigenvalue weighted by atomic mass is 16.5. The first-order chi connectivity index (χ1) is 8.72. The minimum Gasteiger partial charge on any atom is -0.484 e. The van der Waals surface area contributed by atoms with Gasteiger partial charge < -0.3 is 14.9 Å². The molecular weight excluding hydrogens is 228 g/mol. The molecule has 4 heteroatoms. The van der Waals surface area contributed by atoms with Crippen LogP contribution >= 0.6 is 0 Å². The molecule has 0 aromatic carbocycles. The van der Waals surface area contributed by atoms with Gasteiger partial charge in [-0.15, -0.1) is 0 Å². The number of aromatic nitrogens is 1. The molecule has 0 radical (unpaired) electrons. The van der Waals surface area contributed by atoms with Crippen molar-refractivity contribution >= 4 is 0 Å². The molecule has 0 aliphatic rings. The molecule has 0 amide bonds. The number of ether oxygens (including phenoxy) is 1. The predicted octanol–water partition coefficient (Wildman–Crippen LogP) is 2.58. The normalized spacial score (nSPS) is 10.6. The van der Waals surface area contributed by atoms with Crippen LogP contribution in [0.3, 0.4) is 0 Å². The van der Waals surface area contributed by atoms with Gasteiger partial charge in [0.05, 0.1) is 12.0 Å². The van der Waals surface area contributed by atoms with E-state index in [-0.39, 0.29) is 0 Å². The Hall–Kier alpha value is -1.81. The smallest absolute Gasteiger partial charge is 0.146 e. The van der Waals surface area contributed by atoms with E-state index in [2.05, 4.69) is 11.9 Å². The molecule has 0 atom stereocenters. The highest BCUT2D eigenvalue weighted by Crippen LogP contribution is 2.19. The Labute approximate surface area is 107 Å². The number of rotatable bonds is 5. The van der Waals surface area contributed by atoms with Crippen LogP contribution in [0.2, 0.25) is 0 Å². The van der Waals surface area contributed by atoms with Crippen LogP contribution in [0, 0.1) is 6.92 Å². The van der Waals surface area contributed by atoms with Crippen molar-refractivity contribution in [2.75, 3.05) is 0 Å². The van der Waals surface area contributed by atoms with Crippen LogP contribution in [0.5, 0.6) is 5.75 Å². The summed E-state index contributed by atoms with van der Waals surface area (Å²) >= 11 is 0. The molecule has 0 aliphatic heterocycles. The lowest BCUT2D eigenvalue weighted by molar-refractivity contribution is 0.266. The Morgan fingerprint density at radius 1 is 1.39 bits per heavy atom. The zero-order valence-electron chi connectivity index (χ0n) is 10.8. The molecule has 96 valence electrons. The van der Waals surface area contributed by atoms with Gasteiger partial charge in [-0.2, -0.15) is 0 Å². The topological polar surface area (TPSA) is 61.3 Å². The number of aryl methyl sites for hydroxylation is 2. The van der Waals surface area contributed by atoms with E-state index in [1.54, 1.807) is 6.26 Å². The van der Waals surface area contributed by atoms with Gasteiger partial charge in [0.2, 0.25) is 0 Å². The summed E-state index contributed by atoms with van der Waals surface area (Å²) in [5, 5.41) is 0. The molecule has 0 fully saturated rings. The quantitative estimate of drug-likeness (QED) is 0.880. The third-order valence-electron chi connectivity index (χ3n) is 2.72. The van der Waals surface area contributed by atoms with Crippen molar-refractivity contribution in [1.82, 2.24) is 4.98 Å². The fourth-order valence-corrected chi connectivity index (χ4v) is 1.74. The lowest BCUT2D eigenvalue weighted by Crippen LogP contribution is -2.00. The van der Waals surface area contributed by atoms with Crippen molar-refractivity contribution in [3.8, 4) is 5.75 Å². The standard InChI is InChI=1S/C14H18N2O2/c1-3-13-14(5-4-10(2)16-13)18-9-12-6-11(7-15)8-17-12/h4-6,8H,3,7,9,15H2,1-2H3. The summed E-state index contributed by atoms with van der Waals surface area (Å²) in [6, 6.07) is 5.81. The molecular formula is C14H18N2O2. The zero-order chi connectivity index (χ0) is 13.0. The maximum atomic E-state index is 5.73. The largest absolute Gasteiger partial charge is 0.484 e. The van der Waals surface area contributed by atoms with Crippen LogP contribution in [0.1, 0.15) is 29.6 Å². The average molecular weight is 246 g/mol. The van der Waals surface area contributed by atoms with Gasteiger partial charge in [-0.1, -0.05) is 6.92 Å². The van der Waals surface area contributed by atoms with E-state index in [9.17, 15) is 0 Å². The fraction of sp³-hybridized carbons (Fsp3) is 0.357. The summed E-state index contributed by atoms with van der Waals surface area (Å²) in [4.78, 5) is 4.45. The minimum absolute atomic E-state index is 0.401. The zero-order valence-corrected chi connectivity index (χ0v) is 10.8. The molecule has 2 rings (SSSR count). The molecule has 4 nitrogen and oxygen atoms in total. The number of hydrogen-bond donors (Lipinski definition) is 1. The minimum atomic E-state index is 0.401. The Morgan fingerprint density at radius 3 is 2.89 bits per heavy atom. The first-order valence-electron chi connectivity index (χ1n) is 6.08. The molecule has 0 bridgehead atoms. The maximum Gasteiger partial charge on any atom is 0.146 e.